The van der Waals surface area contributed by atoms with Gasteiger partial charge in [-0.05, 0) is 68.3 Å². The molecule has 0 bridgehead atoms. The van der Waals surface area contributed by atoms with Crippen molar-refractivity contribution in [3.8, 4) is 0 Å². The van der Waals surface area contributed by atoms with Gasteiger partial charge in [0, 0.05) is 5.92 Å². The van der Waals surface area contributed by atoms with Gasteiger partial charge in [0.2, 0.25) is 0 Å². The van der Waals surface area contributed by atoms with Crippen molar-refractivity contribution < 1.29 is 4.74 Å². The Bertz CT molecular complexity index is 396. The minimum absolute atomic E-state index is 0.748. The lowest BCUT2D eigenvalue weighted by Crippen LogP contribution is -2.23. The van der Waals surface area contributed by atoms with E-state index < -0.39 is 0 Å². The van der Waals surface area contributed by atoms with Crippen LogP contribution >= 0.6 is 0 Å². The SMILES string of the molecule is CCCC1CCC(C2=CCC(CCC3CCC(CC)CC3)CO2)CC1. The fraction of sp³-hybridized carbons (Fsp3) is 0.917. The number of ether oxygens (including phenoxy) is 1. The topological polar surface area (TPSA) is 9.23 Å². The highest BCUT2D eigenvalue weighted by Gasteiger charge is 2.27. The Labute approximate surface area is 157 Å². The minimum atomic E-state index is 0.748. The smallest absolute Gasteiger partial charge is 0.0951 e. The van der Waals surface area contributed by atoms with E-state index in [1.165, 1.54) is 95.7 Å². The van der Waals surface area contributed by atoms with Gasteiger partial charge >= 0.3 is 0 Å². The molecule has 2 saturated carbocycles. The van der Waals surface area contributed by atoms with Gasteiger partial charge in [0.1, 0.15) is 0 Å². The van der Waals surface area contributed by atoms with Crippen molar-refractivity contribution >= 4 is 0 Å². The predicted molar refractivity (Wildman–Crippen MR) is 107 cm³/mol. The maximum absolute atomic E-state index is 6.26. The summed E-state index contributed by atoms with van der Waals surface area (Å²) < 4.78 is 6.26. The van der Waals surface area contributed by atoms with E-state index >= 15 is 0 Å². The number of hydrogen-bond acceptors (Lipinski definition) is 1. The molecule has 1 heteroatoms. The standard InChI is InChI=1S/C24H42O/c1-3-5-20-12-15-23(16-13-20)24-17-14-22(18-25-24)11-10-21-8-6-19(4-2)7-9-21/h17,19-23H,3-16,18H2,1-2H3. The highest BCUT2D eigenvalue weighted by atomic mass is 16.5. The quantitative estimate of drug-likeness (QED) is 0.463. The second-order valence-corrected chi connectivity index (χ2v) is 9.40. The van der Waals surface area contributed by atoms with E-state index in [9.17, 15) is 0 Å². The van der Waals surface area contributed by atoms with Gasteiger partial charge in [-0.2, -0.15) is 0 Å². The highest BCUT2D eigenvalue weighted by Crippen LogP contribution is 2.39. The van der Waals surface area contributed by atoms with Crippen LogP contribution in [-0.2, 0) is 4.74 Å². The fourth-order valence-corrected chi connectivity index (χ4v) is 5.65. The van der Waals surface area contributed by atoms with Crippen LogP contribution in [0.4, 0.5) is 0 Å². The summed E-state index contributed by atoms with van der Waals surface area (Å²) in [6.45, 7) is 5.70. The van der Waals surface area contributed by atoms with E-state index in [2.05, 4.69) is 19.9 Å². The fourth-order valence-electron chi connectivity index (χ4n) is 5.65. The Kier molecular flexibility index (Phi) is 7.74. The van der Waals surface area contributed by atoms with Gasteiger partial charge < -0.3 is 4.74 Å². The van der Waals surface area contributed by atoms with E-state index in [-0.39, 0.29) is 0 Å². The molecular weight excluding hydrogens is 304 g/mol. The van der Waals surface area contributed by atoms with Gasteiger partial charge in [-0.1, -0.05) is 65.2 Å². The molecule has 144 valence electrons. The lowest BCUT2D eigenvalue weighted by atomic mass is 9.77. The normalized spacial score (nSPS) is 36.6. The summed E-state index contributed by atoms with van der Waals surface area (Å²) in [4.78, 5) is 0. The summed E-state index contributed by atoms with van der Waals surface area (Å²) in [6.07, 6.45) is 22.4. The average molecular weight is 347 g/mol. The lowest BCUT2D eigenvalue weighted by molar-refractivity contribution is 0.0955. The highest BCUT2D eigenvalue weighted by molar-refractivity contribution is 5.04. The summed E-state index contributed by atoms with van der Waals surface area (Å²) in [5.41, 5.74) is 0. The van der Waals surface area contributed by atoms with Crippen LogP contribution in [0.5, 0.6) is 0 Å². The molecule has 1 aliphatic heterocycles. The number of rotatable bonds is 7. The predicted octanol–water partition coefficient (Wildman–Crippen LogP) is 7.51. The molecule has 0 aromatic carbocycles. The summed E-state index contributed by atoms with van der Waals surface area (Å²) in [5.74, 6) is 5.97. The molecule has 0 saturated heterocycles. The average Bonchev–Trinajstić information content (AvgIpc) is 2.68. The zero-order valence-corrected chi connectivity index (χ0v) is 17.0. The molecule has 0 radical (unpaired) electrons. The molecular formula is C24H42O. The van der Waals surface area contributed by atoms with Crippen molar-refractivity contribution in [3.63, 3.8) is 0 Å². The molecule has 2 aliphatic carbocycles. The molecule has 1 atom stereocenters. The number of allylic oxidation sites excluding steroid dienone is 2. The molecule has 0 amide bonds. The molecule has 0 spiro atoms. The van der Waals surface area contributed by atoms with Gasteiger partial charge in [0.15, 0.2) is 0 Å². The summed E-state index contributed by atoms with van der Waals surface area (Å²) in [5, 5.41) is 0. The maximum Gasteiger partial charge on any atom is 0.0951 e. The summed E-state index contributed by atoms with van der Waals surface area (Å²) >= 11 is 0. The van der Waals surface area contributed by atoms with Crippen LogP contribution in [0.25, 0.3) is 0 Å². The Morgan fingerprint density at radius 3 is 1.96 bits per heavy atom. The first kappa shape index (κ1) is 19.3. The zero-order valence-electron chi connectivity index (χ0n) is 17.0. The Morgan fingerprint density at radius 2 is 1.36 bits per heavy atom. The van der Waals surface area contributed by atoms with Crippen molar-refractivity contribution in [1.29, 1.82) is 0 Å². The van der Waals surface area contributed by atoms with Crippen molar-refractivity contribution in [2.24, 2.45) is 29.6 Å². The summed E-state index contributed by atoms with van der Waals surface area (Å²) in [6, 6.07) is 0. The van der Waals surface area contributed by atoms with Crippen molar-refractivity contribution in [3.05, 3.63) is 11.8 Å². The van der Waals surface area contributed by atoms with Crippen LogP contribution in [0.1, 0.15) is 104 Å². The van der Waals surface area contributed by atoms with E-state index in [0.717, 1.165) is 36.2 Å². The first-order valence-electron chi connectivity index (χ1n) is 11.6. The zero-order chi connectivity index (χ0) is 17.5. The largest absolute Gasteiger partial charge is 0.498 e. The van der Waals surface area contributed by atoms with E-state index in [1.54, 1.807) is 0 Å². The van der Waals surface area contributed by atoms with Crippen LogP contribution in [0.2, 0.25) is 0 Å². The van der Waals surface area contributed by atoms with E-state index in [4.69, 9.17) is 4.74 Å². The molecule has 25 heavy (non-hydrogen) atoms. The lowest BCUT2D eigenvalue weighted by Gasteiger charge is -2.33. The molecule has 0 N–H and O–H groups in total. The minimum Gasteiger partial charge on any atom is -0.498 e. The second kappa shape index (κ2) is 10.0. The van der Waals surface area contributed by atoms with Crippen LogP contribution in [0.15, 0.2) is 11.8 Å². The molecule has 2 fully saturated rings. The van der Waals surface area contributed by atoms with Crippen LogP contribution in [0.3, 0.4) is 0 Å². The Hall–Kier alpha value is -0.460. The number of hydrogen-bond donors (Lipinski definition) is 0. The first-order chi connectivity index (χ1) is 12.3. The van der Waals surface area contributed by atoms with Crippen molar-refractivity contribution in [2.75, 3.05) is 6.61 Å². The van der Waals surface area contributed by atoms with Gasteiger partial charge in [-0.25, -0.2) is 0 Å². The Morgan fingerprint density at radius 1 is 0.760 bits per heavy atom. The van der Waals surface area contributed by atoms with Gasteiger partial charge in [-0.3, -0.25) is 0 Å². The maximum atomic E-state index is 6.26. The van der Waals surface area contributed by atoms with Gasteiger partial charge in [0.05, 0.1) is 12.4 Å². The Balaban J connectivity index is 1.34. The third kappa shape index (κ3) is 5.76. The van der Waals surface area contributed by atoms with Crippen molar-refractivity contribution in [2.45, 2.75) is 104 Å². The molecule has 1 heterocycles. The monoisotopic (exact) mass is 346 g/mol. The second-order valence-electron chi connectivity index (χ2n) is 9.40. The van der Waals surface area contributed by atoms with E-state index in [1.807, 2.05) is 0 Å². The molecule has 3 aliphatic rings. The van der Waals surface area contributed by atoms with Crippen LogP contribution in [-0.4, -0.2) is 6.61 Å². The molecule has 3 rings (SSSR count). The van der Waals surface area contributed by atoms with Crippen LogP contribution < -0.4 is 0 Å². The summed E-state index contributed by atoms with van der Waals surface area (Å²) in [7, 11) is 0. The van der Waals surface area contributed by atoms with Gasteiger partial charge in [0.25, 0.3) is 0 Å². The first-order valence-corrected chi connectivity index (χ1v) is 11.6. The molecule has 1 unspecified atom stereocenters. The van der Waals surface area contributed by atoms with Crippen molar-refractivity contribution in [1.82, 2.24) is 0 Å². The molecule has 0 aromatic rings. The third-order valence-electron chi connectivity index (χ3n) is 7.61. The third-order valence-corrected chi connectivity index (χ3v) is 7.61. The van der Waals surface area contributed by atoms with Gasteiger partial charge in [-0.15, -0.1) is 0 Å². The molecule has 0 aromatic heterocycles. The van der Waals surface area contributed by atoms with E-state index in [0.29, 0.717) is 0 Å². The van der Waals surface area contributed by atoms with Crippen LogP contribution in [0, 0.1) is 29.6 Å². The molecule has 1 nitrogen and oxygen atoms in total.